The lowest BCUT2D eigenvalue weighted by Crippen LogP contribution is -2.40. The van der Waals surface area contributed by atoms with Crippen LogP contribution in [0.1, 0.15) is 25.8 Å². The average molecular weight is 408 g/mol. The number of guanidine groups is 1. The summed E-state index contributed by atoms with van der Waals surface area (Å²) in [6, 6.07) is 8.18. The fourth-order valence-electron chi connectivity index (χ4n) is 2.97. The molecular weight excluding hydrogens is 366 g/mol. The number of benzene rings is 1. The first-order valence-corrected chi connectivity index (χ1v) is 10.7. The van der Waals surface area contributed by atoms with E-state index < -0.39 is 0 Å². The topological polar surface area (TPSA) is 61.4 Å². The maximum absolute atomic E-state index is 6.04. The van der Waals surface area contributed by atoms with Gasteiger partial charge in [-0.15, -0.1) is 0 Å². The van der Waals surface area contributed by atoms with Crippen molar-refractivity contribution in [2.45, 2.75) is 26.8 Å². The summed E-state index contributed by atoms with van der Waals surface area (Å²) >= 11 is 0. The van der Waals surface area contributed by atoms with Crippen molar-refractivity contribution in [3.05, 3.63) is 29.8 Å². The molecule has 0 saturated heterocycles. The fourth-order valence-corrected chi connectivity index (χ4v) is 2.97. The predicted molar refractivity (Wildman–Crippen MR) is 122 cm³/mol. The Hall–Kier alpha value is -1.83. The summed E-state index contributed by atoms with van der Waals surface area (Å²) in [5.41, 5.74) is 1.13. The number of rotatable bonds is 15. The normalized spacial score (nSPS) is 11.9. The quantitative estimate of drug-likeness (QED) is 0.264. The summed E-state index contributed by atoms with van der Waals surface area (Å²) in [4.78, 5) is 8.97. The van der Waals surface area contributed by atoms with Crippen LogP contribution < -0.4 is 15.4 Å². The van der Waals surface area contributed by atoms with Crippen LogP contribution in [0.3, 0.4) is 0 Å². The van der Waals surface area contributed by atoms with Crippen molar-refractivity contribution in [3.63, 3.8) is 0 Å². The van der Waals surface area contributed by atoms with Gasteiger partial charge in [-0.2, -0.15) is 0 Å². The minimum atomic E-state index is 0.671. The van der Waals surface area contributed by atoms with Gasteiger partial charge in [0.05, 0.1) is 0 Å². The Bertz CT molecular complexity index is 564. The molecule has 0 aliphatic carbocycles. The number of nitrogens with one attached hydrogen (secondary N) is 2. The summed E-state index contributed by atoms with van der Waals surface area (Å²) in [7, 11) is 5.66. The molecule has 2 N–H and O–H groups in total. The molecule has 0 radical (unpaired) electrons. The van der Waals surface area contributed by atoms with Crippen LogP contribution in [0.25, 0.3) is 0 Å². The standard InChI is InChI=1S/C22H41N5O2/c1-6-27(7-2)16-18-29-21-12-9-8-11-20(21)19-25-22(23-3)24-13-15-26(4)14-10-17-28-5/h8-9,11-12H,6-7,10,13-19H2,1-5H3,(H2,23,24,25). The van der Waals surface area contributed by atoms with Crippen LogP contribution in [0, 0.1) is 0 Å². The maximum Gasteiger partial charge on any atom is 0.191 e. The minimum Gasteiger partial charge on any atom is -0.492 e. The lowest BCUT2D eigenvalue weighted by Gasteiger charge is -2.20. The van der Waals surface area contributed by atoms with Crippen molar-refractivity contribution in [1.29, 1.82) is 0 Å². The van der Waals surface area contributed by atoms with E-state index in [4.69, 9.17) is 9.47 Å². The Morgan fingerprint density at radius 2 is 1.79 bits per heavy atom. The molecule has 166 valence electrons. The third-order valence-corrected chi connectivity index (χ3v) is 4.88. The van der Waals surface area contributed by atoms with Crippen LogP contribution >= 0.6 is 0 Å². The second-order valence-corrected chi connectivity index (χ2v) is 6.99. The average Bonchev–Trinajstić information content (AvgIpc) is 2.74. The van der Waals surface area contributed by atoms with Gasteiger partial charge in [0.25, 0.3) is 0 Å². The van der Waals surface area contributed by atoms with Crippen LogP contribution in [0.5, 0.6) is 5.75 Å². The number of aliphatic imine (C=N–C) groups is 1. The lowest BCUT2D eigenvalue weighted by atomic mass is 10.2. The first-order valence-electron chi connectivity index (χ1n) is 10.7. The molecule has 1 aromatic rings. The van der Waals surface area contributed by atoms with Crippen LogP contribution in [0.2, 0.25) is 0 Å². The Kier molecular flexibility index (Phi) is 13.9. The van der Waals surface area contributed by atoms with Crippen molar-refractivity contribution in [3.8, 4) is 5.75 Å². The first kappa shape index (κ1) is 25.2. The van der Waals surface area contributed by atoms with E-state index in [1.54, 1.807) is 14.2 Å². The van der Waals surface area contributed by atoms with E-state index in [1.165, 1.54) is 0 Å². The van der Waals surface area contributed by atoms with E-state index in [1.807, 2.05) is 18.2 Å². The second kappa shape index (κ2) is 16.0. The van der Waals surface area contributed by atoms with Crippen molar-refractivity contribution in [2.24, 2.45) is 4.99 Å². The zero-order valence-electron chi connectivity index (χ0n) is 19.0. The zero-order chi connectivity index (χ0) is 21.3. The van der Waals surface area contributed by atoms with E-state index in [0.29, 0.717) is 13.2 Å². The summed E-state index contributed by atoms with van der Waals surface area (Å²) in [5.74, 6) is 1.73. The van der Waals surface area contributed by atoms with Gasteiger partial charge >= 0.3 is 0 Å². The van der Waals surface area contributed by atoms with Gasteiger partial charge in [0.1, 0.15) is 12.4 Å². The molecule has 0 atom stereocenters. The Labute approximate surface area is 177 Å². The van der Waals surface area contributed by atoms with Gasteiger partial charge in [0, 0.05) is 59.1 Å². The molecule has 0 amide bonds. The van der Waals surface area contributed by atoms with Gasteiger partial charge < -0.3 is 29.9 Å². The Morgan fingerprint density at radius 3 is 2.48 bits per heavy atom. The fraction of sp³-hybridized carbons (Fsp3) is 0.682. The molecule has 7 heteroatoms. The number of hydrogen-bond donors (Lipinski definition) is 2. The van der Waals surface area contributed by atoms with Crippen molar-refractivity contribution >= 4 is 5.96 Å². The van der Waals surface area contributed by atoms with Gasteiger partial charge in [-0.3, -0.25) is 4.99 Å². The highest BCUT2D eigenvalue weighted by atomic mass is 16.5. The van der Waals surface area contributed by atoms with Crippen LogP contribution in [0.4, 0.5) is 0 Å². The number of likely N-dealkylation sites (N-methyl/N-ethyl adjacent to an activating group) is 2. The van der Waals surface area contributed by atoms with E-state index in [2.05, 4.69) is 52.4 Å². The predicted octanol–water partition coefficient (Wildman–Crippen LogP) is 2.04. The largest absolute Gasteiger partial charge is 0.492 e. The SMILES string of the molecule is CCN(CC)CCOc1ccccc1CNC(=NC)NCCN(C)CCCOC. The van der Waals surface area contributed by atoms with Gasteiger partial charge in [0.15, 0.2) is 5.96 Å². The maximum atomic E-state index is 6.04. The highest BCUT2D eigenvalue weighted by Gasteiger charge is 2.06. The van der Waals surface area contributed by atoms with E-state index in [0.717, 1.165) is 69.6 Å². The third kappa shape index (κ3) is 11.1. The molecule has 1 rings (SSSR count). The molecule has 0 bridgehead atoms. The van der Waals surface area contributed by atoms with Gasteiger partial charge in [-0.1, -0.05) is 32.0 Å². The number of nitrogens with zero attached hydrogens (tertiary/aromatic N) is 3. The molecule has 0 heterocycles. The number of methoxy groups -OCH3 is 1. The van der Waals surface area contributed by atoms with Crippen molar-refractivity contribution < 1.29 is 9.47 Å². The van der Waals surface area contributed by atoms with Gasteiger partial charge in [-0.05, 0) is 32.6 Å². The number of para-hydroxylation sites is 1. The third-order valence-electron chi connectivity index (χ3n) is 4.88. The van der Waals surface area contributed by atoms with E-state index >= 15 is 0 Å². The molecule has 0 spiro atoms. The second-order valence-electron chi connectivity index (χ2n) is 6.99. The number of ether oxygens (including phenoxy) is 2. The highest BCUT2D eigenvalue weighted by molar-refractivity contribution is 5.79. The van der Waals surface area contributed by atoms with E-state index in [9.17, 15) is 0 Å². The summed E-state index contributed by atoms with van der Waals surface area (Å²) in [5, 5.41) is 6.76. The smallest absolute Gasteiger partial charge is 0.191 e. The molecule has 1 aromatic carbocycles. The Balaban J connectivity index is 2.40. The molecular formula is C22H41N5O2. The van der Waals surface area contributed by atoms with Crippen LogP contribution in [-0.2, 0) is 11.3 Å². The Morgan fingerprint density at radius 1 is 1.03 bits per heavy atom. The summed E-state index contributed by atoms with van der Waals surface area (Å²) < 4.78 is 11.1. The molecule has 29 heavy (non-hydrogen) atoms. The molecule has 7 nitrogen and oxygen atoms in total. The van der Waals surface area contributed by atoms with Crippen molar-refractivity contribution in [1.82, 2.24) is 20.4 Å². The molecule has 0 aliphatic heterocycles. The van der Waals surface area contributed by atoms with Crippen molar-refractivity contribution in [2.75, 3.05) is 73.7 Å². The number of hydrogen-bond acceptors (Lipinski definition) is 5. The van der Waals surface area contributed by atoms with Crippen LogP contribution in [0.15, 0.2) is 29.3 Å². The van der Waals surface area contributed by atoms with E-state index in [-0.39, 0.29) is 0 Å². The molecule has 0 fully saturated rings. The van der Waals surface area contributed by atoms with Gasteiger partial charge in [0.2, 0.25) is 0 Å². The first-order chi connectivity index (χ1) is 14.1. The lowest BCUT2D eigenvalue weighted by molar-refractivity contribution is 0.180. The molecule has 0 saturated carbocycles. The monoisotopic (exact) mass is 407 g/mol. The minimum absolute atomic E-state index is 0.671. The van der Waals surface area contributed by atoms with Gasteiger partial charge in [-0.25, -0.2) is 0 Å². The molecule has 0 aliphatic rings. The summed E-state index contributed by atoms with van der Waals surface area (Å²) in [6.45, 7) is 12.4. The summed E-state index contributed by atoms with van der Waals surface area (Å²) in [6.07, 6.45) is 1.05. The highest BCUT2D eigenvalue weighted by Crippen LogP contribution is 2.17. The molecule has 0 aromatic heterocycles. The molecule has 0 unspecified atom stereocenters. The van der Waals surface area contributed by atoms with Crippen LogP contribution in [-0.4, -0.2) is 89.4 Å². The zero-order valence-corrected chi connectivity index (χ0v) is 19.0.